The Morgan fingerprint density at radius 2 is 1.82 bits per heavy atom. The fourth-order valence-electron chi connectivity index (χ4n) is 3.31. The molecule has 0 unspecified atom stereocenters. The molecule has 1 aliphatic heterocycles. The summed E-state index contributed by atoms with van der Waals surface area (Å²) in [5.74, 6) is 1.42. The predicted molar refractivity (Wildman–Crippen MR) is 131 cm³/mol. The lowest BCUT2D eigenvalue weighted by atomic mass is 10.1. The van der Waals surface area contributed by atoms with Gasteiger partial charge in [0.2, 0.25) is 0 Å². The highest BCUT2D eigenvalue weighted by Crippen LogP contribution is 2.41. The smallest absolute Gasteiger partial charge is 0.186 e. The first-order valence-corrected chi connectivity index (χ1v) is 11.9. The molecule has 0 amide bonds. The maximum atomic E-state index is 12.9. The van der Waals surface area contributed by atoms with Gasteiger partial charge in [-0.15, -0.1) is 21.5 Å². The van der Waals surface area contributed by atoms with Crippen molar-refractivity contribution in [2.75, 3.05) is 14.2 Å². The Bertz CT molecular complexity index is 1200. The van der Waals surface area contributed by atoms with Gasteiger partial charge in [0, 0.05) is 5.56 Å². The topological polar surface area (TPSA) is 94.4 Å². The minimum atomic E-state index is -0.639. The van der Waals surface area contributed by atoms with Gasteiger partial charge in [0.15, 0.2) is 5.78 Å². The molecular formula is C24H23N3O4S2. The van der Waals surface area contributed by atoms with E-state index in [2.05, 4.69) is 10.2 Å². The van der Waals surface area contributed by atoms with Crippen molar-refractivity contribution < 1.29 is 19.0 Å². The summed E-state index contributed by atoms with van der Waals surface area (Å²) in [5, 5.41) is 18.2. The largest absolute Gasteiger partial charge is 0.497 e. The number of allylic oxidation sites excluding steroid dienone is 1. The summed E-state index contributed by atoms with van der Waals surface area (Å²) >= 11 is 2.58. The third-order valence-corrected chi connectivity index (χ3v) is 7.21. The molecule has 0 radical (unpaired) electrons. The number of ketones is 1. The Morgan fingerprint density at radius 3 is 2.48 bits per heavy atom. The van der Waals surface area contributed by atoms with E-state index in [-0.39, 0.29) is 10.8 Å². The zero-order valence-electron chi connectivity index (χ0n) is 18.5. The summed E-state index contributed by atoms with van der Waals surface area (Å²) in [4.78, 5) is 13.5. The number of carbonyl (C=O) groups is 1. The van der Waals surface area contributed by atoms with E-state index in [0.29, 0.717) is 22.3 Å². The Balaban J connectivity index is 1.44. The number of Topliss-reactive ketones (excluding diaryl/α,β-unsaturated/α-hetero) is 1. The zero-order valence-corrected chi connectivity index (χ0v) is 20.1. The first kappa shape index (κ1) is 23.0. The number of hydrogen-bond acceptors (Lipinski definition) is 9. The number of aromatic nitrogens is 2. The second-order valence-electron chi connectivity index (χ2n) is 7.20. The maximum absolute atomic E-state index is 12.9. The van der Waals surface area contributed by atoms with Gasteiger partial charge in [-0.1, -0.05) is 30.8 Å². The van der Waals surface area contributed by atoms with Gasteiger partial charge in [-0.05, 0) is 48.4 Å². The monoisotopic (exact) mass is 481 g/mol. The van der Waals surface area contributed by atoms with E-state index >= 15 is 0 Å². The van der Waals surface area contributed by atoms with E-state index in [9.17, 15) is 4.79 Å². The second-order valence-corrected chi connectivity index (χ2v) is 9.37. The normalized spacial score (nSPS) is 16.9. The molecule has 170 valence electrons. The van der Waals surface area contributed by atoms with E-state index in [1.165, 1.54) is 23.1 Å². The second kappa shape index (κ2) is 10.2. The minimum Gasteiger partial charge on any atom is -0.497 e. The van der Waals surface area contributed by atoms with Crippen LogP contribution in [-0.4, -0.2) is 35.2 Å². The lowest BCUT2D eigenvalue weighted by Crippen LogP contribution is -2.11. The van der Waals surface area contributed by atoms with Crippen molar-refractivity contribution in [2.45, 2.75) is 25.9 Å². The number of hydrogen-bond donors (Lipinski definition) is 1. The zero-order chi connectivity index (χ0) is 23.4. The lowest BCUT2D eigenvalue weighted by molar-refractivity contribution is -0.114. The van der Waals surface area contributed by atoms with E-state index in [4.69, 9.17) is 19.6 Å². The quantitative estimate of drug-likeness (QED) is 0.447. The number of benzene rings is 2. The van der Waals surface area contributed by atoms with E-state index in [1.807, 2.05) is 49.4 Å². The predicted octanol–water partition coefficient (Wildman–Crippen LogP) is 5.11. The summed E-state index contributed by atoms with van der Waals surface area (Å²) in [6.07, 6.45) is 2.57. The summed E-state index contributed by atoms with van der Waals surface area (Å²) in [6, 6.07) is 13.0. The third-order valence-electron chi connectivity index (χ3n) is 5.08. The summed E-state index contributed by atoms with van der Waals surface area (Å²) in [6.45, 7) is 2.32. The summed E-state index contributed by atoms with van der Waals surface area (Å²) < 4.78 is 16.6. The first-order valence-electron chi connectivity index (χ1n) is 10.3. The first-order chi connectivity index (χ1) is 16.0. The lowest BCUT2D eigenvalue weighted by Gasteiger charge is -2.12. The molecular weight excluding hydrogens is 458 g/mol. The van der Waals surface area contributed by atoms with Crippen LogP contribution in [0.2, 0.25) is 0 Å². The van der Waals surface area contributed by atoms with Gasteiger partial charge in [-0.25, -0.2) is 0 Å². The van der Waals surface area contributed by atoms with Crippen molar-refractivity contribution in [3.05, 3.63) is 68.5 Å². The molecule has 4 rings (SSSR count). The number of thioether (sulfide) groups is 1. The standard InChI is InChI=1S/C24H23N3O4S2/c1-4-20-26-27-24(33-20)21-22(28)19(32-23(21)25)11-14-5-7-16(8-6-14)31-13-15-12-17(29-2)9-10-18(15)30-3/h5-12,21,25H,4,13H2,1-3H3/b19-11-,25-23?/t21-/m1/s1. The number of nitrogens with zero attached hydrogens (tertiary/aromatic N) is 2. The number of ether oxygens (including phenoxy) is 3. The highest BCUT2D eigenvalue weighted by atomic mass is 32.2. The highest BCUT2D eigenvalue weighted by Gasteiger charge is 2.39. The molecule has 2 aromatic carbocycles. The Kier molecular flexibility index (Phi) is 7.10. The average Bonchev–Trinajstić information content (AvgIpc) is 3.41. The van der Waals surface area contributed by atoms with Gasteiger partial charge >= 0.3 is 0 Å². The van der Waals surface area contributed by atoms with Crippen LogP contribution >= 0.6 is 23.1 Å². The Labute approximate surface area is 200 Å². The van der Waals surface area contributed by atoms with Gasteiger partial charge in [0.25, 0.3) is 0 Å². The molecule has 2 heterocycles. The molecule has 0 bridgehead atoms. The van der Waals surface area contributed by atoms with Crippen molar-refractivity contribution >= 4 is 40.0 Å². The van der Waals surface area contributed by atoms with Crippen molar-refractivity contribution in [1.82, 2.24) is 10.2 Å². The average molecular weight is 482 g/mol. The molecule has 0 saturated carbocycles. The molecule has 0 spiro atoms. The van der Waals surface area contributed by atoms with Crippen LogP contribution in [0.25, 0.3) is 6.08 Å². The molecule has 0 aliphatic carbocycles. The fourth-order valence-corrected chi connectivity index (χ4v) is 5.26. The Morgan fingerprint density at radius 1 is 1.06 bits per heavy atom. The number of methoxy groups -OCH3 is 2. The molecule has 7 nitrogen and oxygen atoms in total. The molecule has 1 saturated heterocycles. The van der Waals surface area contributed by atoms with Crippen LogP contribution in [-0.2, 0) is 17.8 Å². The van der Waals surface area contributed by atoms with Gasteiger partial charge < -0.3 is 14.2 Å². The van der Waals surface area contributed by atoms with E-state index in [1.54, 1.807) is 20.3 Å². The van der Waals surface area contributed by atoms with Crippen LogP contribution in [0.15, 0.2) is 47.4 Å². The molecule has 1 fully saturated rings. The van der Waals surface area contributed by atoms with Crippen molar-refractivity contribution in [1.29, 1.82) is 5.41 Å². The summed E-state index contributed by atoms with van der Waals surface area (Å²) in [5.41, 5.74) is 1.74. The number of carbonyl (C=O) groups excluding carboxylic acids is 1. The number of aryl methyl sites for hydroxylation is 1. The van der Waals surface area contributed by atoms with E-state index in [0.717, 1.165) is 34.1 Å². The molecule has 1 aliphatic rings. The van der Waals surface area contributed by atoms with Crippen LogP contribution in [0.3, 0.4) is 0 Å². The molecule has 33 heavy (non-hydrogen) atoms. The maximum Gasteiger partial charge on any atom is 0.186 e. The Hall–Kier alpha value is -3.17. The van der Waals surface area contributed by atoms with Crippen molar-refractivity contribution in [3.63, 3.8) is 0 Å². The minimum absolute atomic E-state index is 0.103. The molecule has 1 atom stereocenters. The van der Waals surface area contributed by atoms with Crippen LogP contribution in [0.4, 0.5) is 0 Å². The van der Waals surface area contributed by atoms with Crippen LogP contribution in [0, 0.1) is 5.41 Å². The molecule has 9 heteroatoms. The van der Waals surface area contributed by atoms with Crippen molar-refractivity contribution in [2.24, 2.45) is 0 Å². The van der Waals surface area contributed by atoms with Gasteiger partial charge in [-0.2, -0.15) is 0 Å². The van der Waals surface area contributed by atoms with Gasteiger partial charge in [0.1, 0.15) is 39.8 Å². The van der Waals surface area contributed by atoms with Gasteiger partial charge in [0.05, 0.1) is 24.2 Å². The fraction of sp³-hybridized carbons (Fsp3) is 0.250. The van der Waals surface area contributed by atoms with Crippen LogP contribution in [0.5, 0.6) is 17.2 Å². The highest BCUT2D eigenvalue weighted by molar-refractivity contribution is 8.19. The molecule has 1 aromatic heterocycles. The van der Waals surface area contributed by atoms with Crippen LogP contribution < -0.4 is 14.2 Å². The molecule has 3 aromatic rings. The SMILES string of the molecule is CCc1nnc([C@H]2C(=N)S/C(=C\c3ccc(OCc4cc(OC)ccc4OC)cc3)C2=O)s1. The number of nitrogens with one attached hydrogen (secondary N) is 1. The van der Waals surface area contributed by atoms with Crippen molar-refractivity contribution in [3.8, 4) is 17.2 Å². The molecule has 1 N–H and O–H groups in total. The third kappa shape index (κ3) is 5.09. The summed E-state index contributed by atoms with van der Waals surface area (Å²) in [7, 11) is 3.24. The van der Waals surface area contributed by atoms with Gasteiger partial charge in [-0.3, -0.25) is 10.2 Å². The number of rotatable bonds is 8. The van der Waals surface area contributed by atoms with E-state index < -0.39 is 5.92 Å². The van der Waals surface area contributed by atoms with Crippen LogP contribution in [0.1, 0.15) is 34.0 Å².